The van der Waals surface area contributed by atoms with E-state index >= 15 is 0 Å². The van der Waals surface area contributed by atoms with Gasteiger partial charge in [0.2, 0.25) is 0 Å². The third kappa shape index (κ3) is 4.63. The predicted molar refractivity (Wildman–Crippen MR) is 99.0 cm³/mol. The lowest BCUT2D eigenvalue weighted by atomic mass is 10.1. The maximum absolute atomic E-state index is 13.9. The molecule has 0 aliphatic heterocycles. The minimum atomic E-state index is -0.694. The second-order valence-corrected chi connectivity index (χ2v) is 7.02. The normalized spacial score (nSPS) is 13.3. The number of nitrogens with zero attached hydrogens (tertiary/aromatic N) is 2. The van der Waals surface area contributed by atoms with Gasteiger partial charge >= 0.3 is 5.97 Å². The molecule has 27 heavy (non-hydrogen) atoms. The van der Waals surface area contributed by atoms with E-state index in [0.717, 1.165) is 12.8 Å². The van der Waals surface area contributed by atoms with E-state index in [2.05, 4.69) is 4.98 Å². The number of amides is 1. The Morgan fingerprint density at radius 1 is 1.30 bits per heavy atom. The molecular weight excluding hydrogens is 371 g/mol. The van der Waals surface area contributed by atoms with Crippen molar-refractivity contribution in [3.63, 3.8) is 0 Å². The number of pyridine rings is 1. The Labute approximate surface area is 162 Å². The molecule has 0 spiro atoms. The van der Waals surface area contributed by atoms with Crippen LogP contribution in [0.15, 0.2) is 30.3 Å². The van der Waals surface area contributed by atoms with Gasteiger partial charge in [-0.15, -0.1) is 0 Å². The van der Waals surface area contributed by atoms with Crippen molar-refractivity contribution in [1.29, 1.82) is 0 Å². The first-order valence-electron chi connectivity index (χ1n) is 8.70. The van der Waals surface area contributed by atoms with Crippen molar-refractivity contribution in [3.8, 4) is 0 Å². The summed E-state index contributed by atoms with van der Waals surface area (Å²) < 4.78 is 19.1. The van der Waals surface area contributed by atoms with Crippen LogP contribution in [-0.2, 0) is 16.1 Å². The molecule has 1 saturated carbocycles. The van der Waals surface area contributed by atoms with E-state index in [0.29, 0.717) is 16.8 Å². The van der Waals surface area contributed by atoms with Crippen molar-refractivity contribution in [1.82, 2.24) is 9.88 Å². The fraction of sp³-hybridized carbons (Fsp3) is 0.350. The van der Waals surface area contributed by atoms with Crippen LogP contribution in [0.2, 0.25) is 5.15 Å². The van der Waals surface area contributed by atoms with Crippen LogP contribution in [0.4, 0.5) is 4.39 Å². The minimum Gasteiger partial charge on any atom is -0.452 e. The van der Waals surface area contributed by atoms with Gasteiger partial charge in [0.25, 0.3) is 5.91 Å². The van der Waals surface area contributed by atoms with Crippen LogP contribution >= 0.6 is 11.6 Å². The number of aromatic nitrogens is 1. The number of carbonyl (C=O) groups is 2. The van der Waals surface area contributed by atoms with Crippen LogP contribution in [0.5, 0.6) is 0 Å². The third-order valence-electron chi connectivity index (χ3n) is 4.44. The summed E-state index contributed by atoms with van der Waals surface area (Å²) in [4.78, 5) is 30.5. The van der Waals surface area contributed by atoms with Gasteiger partial charge in [-0.2, -0.15) is 0 Å². The number of aryl methyl sites for hydroxylation is 2. The third-order valence-corrected chi connectivity index (χ3v) is 4.71. The molecule has 142 valence electrons. The van der Waals surface area contributed by atoms with Gasteiger partial charge in [-0.05, 0) is 44.4 Å². The highest BCUT2D eigenvalue weighted by atomic mass is 35.5. The highest BCUT2D eigenvalue weighted by Crippen LogP contribution is 2.29. The Morgan fingerprint density at radius 3 is 2.63 bits per heavy atom. The first-order chi connectivity index (χ1) is 12.9. The zero-order valence-corrected chi connectivity index (χ0v) is 15.9. The first-order valence-corrected chi connectivity index (χ1v) is 9.08. The van der Waals surface area contributed by atoms with Crippen LogP contribution in [0.1, 0.15) is 40.0 Å². The zero-order chi connectivity index (χ0) is 19.6. The number of hydrogen-bond donors (Lipinski definition) is 0. The fourth-order valence-corrected chi connectivity index (χ4v) is 3.30. The molecule has 1 aromatic carbocycles. The van der Waals surface area contributed by atoms with Crippen molar-refractivity contribution < 1.29 is 18.7 Å². The molecule has 1 aromatic heterocycles. The number of rotatable bonds is 6. The molecule has 0 atom stereocenters. The van der Waals surface area contributed by atoms with Gasteiger partial charge in [-0.3, -0.25) is 4.79 Å². The first kappa shape index (κ1) is 19.3. The predicted octanol–water partition coefficient (Wildman–Crippen LogP) is 3.84. The molecule has 7 heteroatoms. The Morgan fingerprint density at radius 2 is 2.00 bits per heavy atom. The van der Waals surface area contributed by atoms with Crippen molar-refractivity contribution in [2.75, 3.05) is 6.61 Å². The number of esters is 1. The van der Waals surface area contributed by atoms with Crippen LogP contribution in [0.25, 0.3) is 0 Å². The number of hydrogen-bond acceptors (Lipinski definition) is 4. The summed E-state index contributed by atoms with van der Waals surface area (Å²) >= 11 is 6.04. The Balaban J connectivity index is 1.67. The number of benzene rings is 1. The average molecular weight is 391 g/mol. The Kier molecular flexibility index (Phi) is 5.75. The van der Waals surface area contributed by atoms with Gasteiger partial charge < -0.3 is 9.64 Å². The van der Waals surface area contributed by atoms with Crippen LogP contribution in [-0.4, -0.2) is 34.4 Å². The Bertz CT molecular complexity index is 860. The zero-order valence-electron chi connectivity index (χ0n) is 15.2. The molecular formula is C20H20ClFN2O3. The van der Waals surface area contributed by atoms with E-state index in [9.17, 15) is 14.0 Å². The summed E-state index contributed by atoms with van der Waals surface area (Å²) in [5.74, 6) is -1.41. The Hall–Kier alpha value is -2.47. The summed E-state index contributed by atoms with van der Waals surface area (Å²) in [7, 11) is 0. The summed E-state index contributed by atoms with van der Waals surface area (Å²) in [5, 5.41) is 0.0513. The molecule has 5 nitrogen and oxygen atoms in total. The summed E-state index contributed by atoms with van der Waals surface area (Å²) in [6.07, 6.45) is 1.72. The average Bonchev–Trinajstić information content (AvgIpc) is 3.43. The van der Waals surface area contributed by atoms with Crippen LogP contribution in [0.3, 0.4) is 0 Å². The van der Waals surface area contributed by atoms with Crippen molar-refractivity contribution in [3.05, 3.63) is 63.7 Å². The van der Waals surface area contributed by atoms with Crippen LogP contribution in [0, 0.1) is 19.7 Å². The molecule has 0 saturated heterocycles. The van der Waals surface area contributed by atoms with Crippen molar-refractivity contribution in [2.45, 2.75) is 39.3 Å². The highest BCUT2D eigenvalue weighted by Gasteiger charge is 2.33. The summed E-state index contributed by atoms with van der Waals surface area (Å²) in [6, 6.07) is 8.11. The van der Waals surface area contributed by atoms with Crippen molar-refractivity contribution in [2.24, 2.45) is 0 Å². The van der Waals surface area contributed by atoms with E-state index in [1.807, 2.05) is 0 Å². The van der Waals surface area contributed by atoms with E-state index < -0.39 is 12.6 Å². The molecule has 0 bridgehead atoms. The molecule has 1 heterocycles. The van der Waals surface area contributed by atoms with E-state index in [1.165, 1.54) is 6.07 Å². The minimum absolute atomic E-state index is 0.0513. The largest absolute Gasteiger partial charge is 0.452 e. The molecule has 1 amide bonds. The summed E-state index contributed by atoms with van der Waals surface area (Å²) in [6.45, 7) is 3.23. The maximum atomic E-state index is 13.9. The van der Waals surface area contributed by atoms with Gasteiger partial charge in [0.05, 0.1) is 5.56 Å². The van der Waals surface area contributed by atoms with Gasteiger partial charge in [0.15, 0.2) is 6.61 Å². The van der Waals surface area contributed by atoms with Crippen molar-refractivity contribution >= 4 is 23.5 Å². The number of carbonyl (C=O) groups excluding carboxylic acids is 2. The lowest BCUT2D eigenvalue weighted by Gasteiger charge is -2.22. The second kappa shape index (κ2) is 8.05. The van der Waals surface area contributed by atoms with E-state index in [1.54, 1.807) is 43.0 Å². The molecule has 1 fully saturated rings. The molecule has 0 unspecified atom stereocenters. The van der Waals surface area contributed by atoms with E-state index in [-0.39, 0.29) is 35.0 Å². The summed E-state index contributed by atoms with van der Waals surface area (Å²) in [5.41, 5.74) is 1.91. The highest BCUT2D eigenvalue weighted by molar-refractivity contribution is 6.32. The lowest BCUT2D eigenvalue weighted by Crippen LogP contribution is -2.36. The molecule has 0 radical (unpaired) electrons. The van der Waals surface area contributed by atoms with Gasteiger partial charge in [-0.25, -0.2) is 14.2 Å². The topological polar surface area (TPSA) is 59.5 Å². The van der Waals surface area contributed by atoms with Crippen LogP contribution < -0.4 is 0 Å². The maximum Gasteiger partial charge on any atom is 0.342 e. The number of ether oxygens (including phenoxy) is 1. The number of halogens is 2. The SMILES string of the molecule is Cc1cc(C)c(C(=O)OCC(=O)N(Cc2ccccc2F)C2CC2)c(Cl)n1. The monoisotopic (exact) mass is 390 g/mol. The molecule has 0 N–H and O–H groups in total. The second-order valence-electron chi connectivity index (χ2n) is 6.67. The quantitative estimate of drug-likeness (QED) is 0.555. The standard InChI is InChI=1S/C20H20ClFN2O3/c1-12-9-13(2)23-19(21)18(12)20(26)27-11-17(25)24(15-7-8-15)10-14-5-3-4-6-16(14)22/h3-6,9,15H,7-8,10-11H2,1-2H3. The smallest absolute Gasteiger partial charge is 0.342 e. The van der Waals surface area contributed by atoms with Gasteiger partial charge in [0.1, 0.15) is 11.0 Å². The fourth-order valence-electron chi connectivity index (χ4n) is 2.94. The van der Waals surface area contributed by atoms with Gasteiger partial charge in [-0.1, -0.05) is 29.8 Å². The van der Waals surface area contributed by atoms with E-state index in [4.69, 9.17) is 16.3 Å². The molecule has 3 rings (SSSR count). The molecule has 2 aromatic rings. The van der Waals surface area contributed by atoms with Gasteiger partial charge in [0, 0.05) is 23.8 Å². The molecule has 1 aliphatic rings. The lowest BCUT2D eigenvalue weighted by molar-refractivity contribution is -0.135. The molecule has 1 aliphatic carbocycles.